The first-order valence-electron chi connectivity index (χ1n) is 6.14. The molecule has 0 radical (unpaired) electrons. The normalized spacial score (nSPS) is 10.4. The molecule has 0 bridgehead atoms. The molecule has 0 aliphatic heterocycles. The van der Waals surface area contributed by atoms with E-state index in [0.29, 0.717) is 11.4 Å². The third-order valence-corrected chi connectivity index (χ3v) is 2.60. The van der Waals surface area contributed by atoms with E-state index in [1.807, 2.05) is 13.8 Å². The topological polar surface area (TPSA) is 50.9 Å². The van der Waals surface area contributed by atoms with E-state index in [1.165, 1.54) is 10.7 Å². The number of halogens is 3. The minimum absolute atomic E-state index is 0.274. The minimum atomic E-state index is -2.90. The van der Waals surface area contributed by atoms with Gasteiger partial charge in [-0.2, -0.15) is 0 Å². The molecular weight excluding hydrogens is 271 g/mol. The van der Waals surface area contributed by atoms with Crippen molar-refractivity contribution in [3.63, 3.8) is 0 Å². The van der Waals surface area contributed by atoms with E-state index in [1.54, 1.807) is 6.92 Å². The highest BCUT2D eigenvalue weighted by Crippen LogP contribution is 2.25. The molecule has 2 aromatic rings. The number of aromatic nitrogens is 3. The molecule has 1 heterocycles. The standard InChI is InChI=1S/C11H10F3N3O.C2H6/c1-6-10(5-18)15-16-17(6)7-2-3-9(12)8(4-7)11(13)14;1-2/h2-4,11,18H,5H2,1H3;1-2H3. The van der Waals surface area contributed by atoms with Crippen molar-refractivity contribution >= 4 is 0 Å². The first-order valence-corrected chi connectivity index (χ1v) is 6.14. The van der Waals surface area contributed by atoms with E-state index >= 15 is 0 Å². The van der Waals surface area contributed by atoms with E-state index in [-0.39, 0.29) is 12.3 Å². The Bertz CT molecular complexity index is 570. The summed E-state index contributed by atoms with van der Waals surface area (Å²) in [7, 11) is 0. The van der Waals surface area contributed by atoms with Gasteiger partial charge in [-0.25, -0.2) is 17.9 Å². The fourth-order valence-electron chi connectivity index (χ4n) is 1.58. The molecule has 0 spiro atoms. The zero-order chi connectivity index (χ0) is 15.3. The number of nitrogens with zero attached hydrogens (tertiary/aromatic N) is 3. The lowest BCUT2D eigenvalue weighted by Gasteiger charge is -2.07. The number of aliphatic hydroxyl groups is 1. The van der Waals surface area contributed by atoms with Crippen LogP contribution in [-0.4, -0.2) is 20.1 Å². The third kappa shape index (κ3) is 3.16. The highest BCUT2D eigenvalue weighted by atomic mass is 19.3. The SMILES string of the molecule is CC.Cc1c(CO)nnn1-c1ccc(F)c(C(F)F)c1. The zero-order valence-corrected chi connectivity index (χ0v) is 11.4. The highest BCUT2D eigenvalue weighted by Gasteiger charge is 2.16. The molecule has 110 valence electrons. The molecule has 0 unspecified atom stereocenters. The second-order valence-corrected chi connectivity index (χ2v) is 3.70. The van der Waals surface area contributed by atoms with Gasteiger partial charge in [-0.1, -0.05) is 19.1 Å². The monoisotopic (exact) mass is 287 g/mol. The summed E-state index contributed by atoms with van der Waals surface area (Å²) < 4.78 is 39.6. The van der Waals surface area contributed by atoms with Crippen LogP contribution in [0.4, 0.5) is 13.2 Å². The molecule has 7 heteroatoms. The molecule has 2 rings (SSSR count). The van der Waals surface area contributed by atoms with Crippen molar-refractivity contribution in [1.82, 2.24) is 15.0 Å². The number of benzene rings is 1. The summed E-state index contributed by atoms with van der Waals surface area (Å²) in [5, 5.41) is 16.4. The van der Waals surface area contributed by atoms with Crippen LogP contribution in [0.5, 0.6) is 0 Å². The van der Waals surface area contributed by atoms with Gasteiger partial charge in [0.2, 0.25) is 0 Å². The van der Waals surface area contributed by atoms with Gasteiger partial charge in [-0.15, -0.1) is 5.10 Å². The molecule has 1 N–H and O–H groups in total. The van der Waals surface area contributed by atoms with Gasteiger partial charge in [-0.05, 0) is 25.1 Å². The molecular formula is C13H16F3N3O. The molecule has 0 fully saturated rings. The Kier molecular flexibility index (Phi) is 5.69. The first-order chi connectivity index (χ1) is 9.54. The van der Waals surface area contributed by atoms with Crippen LogP contribution in [0.3, 0.4) is 0 Å². The molecule has 0 amide bonds. The largest absolute Gasteiger partial charge is 0.390 e. The fraction of sp³-hybridized carbons (Fsp3) is 0.385. The number of aliphatic hydroxyl groups excluding tert-OH is 1. The number of alkyl halides is 2. The van der Waals surface area contributed by atoms with Crippen LogP contribution in [0.2, 0.25) is 0 Å². The van der Waals surface area contributed by atoms with Crippen molar-refractivity contribution in [1.29, 1.82) is 0 Å². The van der Waals surface area contributed by atoms with Crippen molar-refractivity contribution in [3.8, 4) is 5.69 Å². The molecule has 1 aromatic heterocycles. The predicted octanol–water partition coefficient (Wildman–Crippen LogP) is 3.17. The summed E-state index contributed by atoms with van der Waals surface area (Å²) in [5.74, 6) is -0.964. The zero-order valence-electron chi connectivity index (χ0n) is 11.4. The average Bonchev–Trinajstić information content (AvgIpc) is 2.82. The fourth-order valence-corrected chi connectivity index (χ4v) is 1.58. The van der Waals surface area contributed by atoms with Gasteiger partial charge in [0.25, 0.3) is 6.43 Å². The number of rotatable bonds is 3. The average molecular weight is 287 g/mol. The van der Waals surface area contributed by atoms with Gasteiger partial charge in [0.15, 0.2) is 0 Å². The van der Waals surface area contributed by atoms with Crippen LogP contribution in [0.1, 0.15) is 37.2 Å². The Morgan fingerprint density at radius 1 is 1.30 bits per heavy atom. The van der Waals surface area contributed by atoms with E-state index in [4.69, 9.17) is 5.11 Å². The Morgan fingerprint density at radius 3 is 2.45 bits per heavy atom. The van der Waals surface area contributed by atoms with Gasteiger partial charge in [0.05, 0.1) is 23.6 Å². The quantitative estimate of drug-likeness (QED) is 0.943. The Morgan fingerprint density at radius 2 is 1.95 bits per heavy atom. The van der Waals surface area contributed by atoms with Gasteiger partial charge < -0.3 is 5.11 Å². The van der Waals surface area contributed by atoms with Crippen LogP contribution in [-0.2, 0) is 6.61 Å². The second kappa shape index (κ2) is 7.04. The highest BCUT2D eigenvalue weighted by molar-refractivity contribution is 5.38. The third-order valence-electron chi connectivity index (χ3n) is 2.60. The van der Waals surface area contributed by atoms with Crippen LogP contribution in [0, 0.1) is 12.7 Å². The number of hydrogen-bond acceptors (Lipinski definition) is 3. The van der Waals surface area contributed by atoms with E-state index in [2.05, 4.69) is 10.3 Å². The maximum Gasteiger partial charge on any atom is 0.266 e. The summed E-state index contributed by atoms with van der Waals surface area (Å²) in [6.07, 6.45) is -2.90. The summed E-state index contributed by atoms with van der Waals surface area (Å²) >= 11 is 0. The van der Waals surface area contributed by atoms with Crippen molar-refractivity contribution in [3.05, 3.63) is 41.0 Å². The maximum absolute atomic E-state index is 13.1. The van der Waals surface area contributed by atoms with Gasteiger partial charge in [0, 0.05) is 0 Å². The van der Waals surface area contributed by atoms with Crippen LogP contribution < -0.4 is 0 Å². The Balaban J connectivity index is 0.000000956. The lowest BCUT2D eigenvalue weighted by atomic mass is 10.2. The molecule has 4 nitrogen and oxygen atoms in total. The molecule has 20 heavy (non-hydrogen) atoms. The smallest absolute Gasteiger partial charge is 0.266 e. The van der Waals surface area contributed by atoms with Crippen molar-refractivity contribution in [2.75, 3.05) is 0 Å². The lowest BCUT2D eigenvalue weighted by molar-refractivity contribution is 0.146. The van der Waals surface area contributed by atoms with Crippen LogP contribution in [0.15, 0.2) is 18.2 Å². The first kappa shape index (κ1) is 16.2. The van der Waals surface area contributed by atoms with Crippen molar-refractivity contribution in [2.24, 2.45) is 0 Å². The van der Waals surface area contributed by atoms with E-state index in [0.717, 1.165) is 12.1 Å². The van der Waals surface area contributed by atoms with Crippen molar-refractivity contribution < 1.29 is 18.3 Å². The van der Waals surface area contributed by atoms with E-state index in [9.17, 15) is 13.2 Å². The summed E-state index contributed by atoms with van der Waals surface area (Å²) in [6, 6.07) is 3.30. The second-order valence-electron chi connectivity index (χ2n) is 3.70. The van der Waals surface area contributed by atoms with Crippen molar-refractivity contribution in [2.45, 2.75) is 33.8 Å². The maximum atomic E-state index is 13.1. The summed E-state index contributed by atoms with van der Waals surface area (Å²) in [6.45, 7) is 5.34. The molecule has 1 aromatic carbocycles. The minimum Gasteiger partial charge on any atom is -0.390 e. The summed E-state index contributed by atoms with van der Waals surface area (Å²) in [5.41, 5.74) is 0.451. The predicted molar refractivity (Wildman–Crippen MR) is 68.3 cm³/mol. The van der Waals surface area contributed by atoms with Gasteiger partial charge in [-0.3, -0.25) is 0 Å². The van der Waals surface area contributed by atoms with Gasteiger partial charge >= 0.3 is 0 Å². The van der Waals surface area contributed by atoms with Crippen LogP contribution in [0.25, 0.3) is 5.69 Å². The Hall–Kier alpha value is -1.89. The van der Waals surface area contributed by atoms with Crippen LogP contribution >= 0.6 is 0 Å². The lowest BCUT2D eigenvalue weighted by Crippen LogP contribution is -2.02. The molecule has 0 saturated carbocycles. The van der Waals surface area contributed by atoms with E-state index < -0.39 is 17.8 Å². The molecule has 0 aliphatic rings. The molecule has 0 atom stereocenters. The molecule has 0 saturated heterocycles. The Labute approximate surface area is 114 Å². The summed E-state index contributed by atoms with van der Waals surface area (Å²) in [4.78, 5) is 0. The number of hydrogen-bond donors (Lipinski definition) is 1. The molecule has 0 aliphatic carbocycles. The van der Waals surface area contributed by atoms with Gasteiger partial charge in [0.1, 0.15) is 11.5 Å².